The molecule has 0 radical (unpaired) electrons. The molecule has 0 atom stereocenters. The molecule has 0 amide bonds. The quantitative estimate of drug-likeness (QED) is 0.0852. The molecular formula is C28H40Br4Cl2N4O8S2. The number of ether oxygens (including phenoxy) is 2. The number of hydrogen-bond acceptors (Lipinski definition) is 10. The van der Waals surface area contributed by atoms with Crippen LogP contribution in [0.5, 0.6) is 11.5 Å². The van der Waals surface area contributed by atoms with Gasteiger partial charge >= 0.3 is 11.9 Å². The molecule has 2 aromatic carbocycles. The molecule has 12 nitrogen and oxygen atoms in total. The summed E-state index contributed by atoms with van der Waals surface area (Å²) in [6.45, 7) is 2.31. The van der Waals surface area contributed by atoms with Gasteiger partial charge in [0.25, 0.3) is 0 Å². The number of rotatable bonds is 16. The maximum absolute atomic E-state index is 13.1. The average Bonchev–Trinajstić information content (AvgIpc) is 2.96. The zero-order valence-electron chi connectivity index (χ0n) is 27.2. The molecule has 274 valence electrons. The average molecular weight is 1020 g/mol. The standard InChI is InChI=1S/C28H38Br4N4O8S2.2ClH/c1-33(2)11-7-9-13-35(5)45(39,40)19-15-21(29)25(22(30)16-19)43-27(37)28(38)44-26-23(31)17-20(18-24(26)32)46(41,42)36(6)14-10-8-12-34(3)4;;/h15-18H,7-14H2,1-6H3;2*1H. The number of unbranched alkanes of at least 4 members (excludes halogenated alkanes) is 2. The first-order valence-corrected chi connectivity index (χ1v) is 20.0. The van der Waals surface area contributed by atoms with E-state index in [1.165, 1.54) is 47.0 Å². The van der Waals surface area contributed by atoms with E-state index < -0.39 is 32.0 Å². The molecule has 0 saturated carbocycles. The molecular weight excluding hydrogens is 975 g/mol. The molecule has 48 heavy (non-hydrogen) atoms. The van der Waals surface area contributed by atoms with Crippen molar-refractivity contribution in [1.82, 2.24) is 18.4 Å². The first-order valence-electron chi connectivity index (χ1n) is 13.9. The van der Waals surface area contributed by atoms with Gasteiger partial charge in [0.1, 0.15) is 0 Å². The monoisotopic (exact) mass is 1010 g/mol. The summed E-state index contributed by atoms with van der Waals surface area (Å²) in [5.41, 5.74) is 0. The molecule has 0 fully saturated rings. The lowest BCUT2D eigenvalue weighted by molar-refractivity contribution is -0.156. The van der Waals surface area contributed by atoms with E-state index >= 15 is 0 Å². The summed E-state index contributed by atoms with van der Waals surface area (Å²) in [6.07, 6.45) is 3.01. The zero-order valence-corrected chi connectivity index (χ0v) is 36.8. The van der Waals surface area contributed by atoms with Crippen molar-refractivity contribution in [3.05, 3.63) is 42.2 Å². The number of esters is 2. The van der Waals surface area contributed by atoms with Crippen LogP contribution in [0.1, 0.15) is 25.7 Å². The fraction of sp³-hybridized carbons (Fsp3) is 0.500. The molecule has 0 unspecified atom stereocenters. The van der Waals surface area contributed by atoms with Gasteiger partial charge in [-0.15, -0.1) is 24.8 Å². The van der Waals surface area contributed by atoms with E-state index in [0.29, 0.717) is 25.9 Å². The number of benzene rings is 2. The largest absolute Gasteiger partial charge is 0.423 e. The van der Waals surface area contributed by atoms with Gasteiger partial charge in [-0.1, -0.05) is 0 Å². The van der Waals surface area contributed by atoms with Crippen molar-refractivity contribution in [2.45, 2.75) is 35.5 Å². The normalized spacial score (nSPS) is 11.9. The Bertz CT molecular complexity index is 1470. The number of carbonyl (C=O) groups is 2. The van der Waals surface area contributed by atoms with Gasteiger partial charge in [0.05, 0.1) is 27.7 Å². The molecule has 0 bridgehead atoms. The predicted octanol–water partition coefficient (Wildman–Crippen LogP) is 6.02. The summed E-state index contributed by atoms with van der Waals surface area (Å²) in [5.74, 6) is -3.07. The van der Waals surface area contributed by atoms with Crippen LogP contribution in [0, 0.1) is 0 Å². The third-order valence-electron chi connectivity index (χ3n) is 6.57. The first kappa shape index (κ1) is 47.6. The molecule has 20 heteroatoms. The first-order chi connectivity index (χ1) is 21.3. The predicted molar refractivity (Wildman–Crippen MR) is 205 cm³/mol. The highest BCUT2D eigenvalue weighted by Crippen LogP contribution is 2.39. The summed E-state index contributed by atoms with van der Waals surface area (Å²) in [4.78, 5) is 29.4. The van der Waals surface area contributed by atoms with Gasteiger partial charge in [-0.05, 0) is 155 Å². The Morgan fingerprint density at radius 1 is 0.542 bits per heavy atom. The van der Waals surface area contributed by atoms with Crippen LogP contribution in [0.4, 0.5) is 0 Å². The van der Waals surface area contributed by atoms with Crippen molar-refractivity contribution < 1.29 is 35.9 Å². The van der Waals surface area contributed by atoms with Crippen LogP contribution in [-0.4, -0.2) is 116 Å². The van der Waals surface area contributed by atoms with Crippen LogP contribution < -0.4 is 9.47 Å². The van der Waals surface area contributed by atoms with Gasteiger partial charge in [0.15, 0.2) is 11.5 Å². The van der Waals surface area contributed by atoms with Crippen LogP contribution in [0.3, 0.4) is 0 Å². The Kier molecular flexibility index (Phi) is 21.1. The van der Waals surface area contributed by atoms with Crippen LogP contribution in [0.15, 0.2) is 51.9 Å². The lowest BCUT2D eigenvalue weighted by Crippen LogP contribution is -2.29. The molecule has 0 saturated heterocycles. The summed E-state index contributed by atoms with van der Waals surface area (Å²) < 4.78 is 65.8. The van der Waals surface area contributed by atoms with E-state index in [4.69, 9.17) is 9.47 Å². The fourth-order valence-corrected chi connectivity index (χ4v) is 9.79. The lowest BCUT2D eigenvalue weighted by atomic mass is 10.3. The zero-order chi connectivity index (χ0) is 35.0. The molecule has 0 aliphatic carbocycles. The number of nitrogens with zero attached hydrogens (tertiary/aromatic N) is 4. The smallest absolute Gasteiger partial charge is 0.416 e. The van der Waals surface area contributed by atoms with Gasteiger partial charge in [0.2, 0.25) is 20.0 Å². The Balaban J connectivity index is 0.0000110. The number of hydrogen-bond donors (Lipinski definition) is 0. The Labute approximate surface area is 329 Å². The van der Waals surface area contributed by atoms with E-state index in [9.17, 15) is 26.4 Å². The highest BCUT2D eigenvalue weighted by molar-refractivity contribution is 9.11. The van der Waals surface area contributed by atoms with Crippen molar-refractivity contribution in [1.29, 1.82) is 0 Å². The summed E-state index contributed by atoms with van der Waals surface area (Å²) in [5, 5.41) is 0. The maximum atomic E-state index is 13.1. The summed E-state index contributed by atoms with van der Waals surface area (Å²) >= 11 is 12.9. The number of sulfonamides is 2. The minimum Gasteiger partial charge on any atom is -0.416 e. The van der Waals surface area contributed by atoms with Crippen molar-refractivity contribution in [2.75, 3.05) is 68.5 Å². The molecule has 0 heterocycles. The van der Waals surface area contributed by atoms with Gasteiger partial charge in [-0.2, -0.15) is 0 Å². The highest BCUT2D eigenvalue weighted by atomic mass is 79.9. The van der Waals surface area contributed by atoms with E-state index in [-0.39, 0.29) is 64.0 Å². The van der Waals surface area contributed by atoms with Crippen molar-refractivity contribution in [3.8, 4) is 11.5 Å². The van der Waals surface area contributed by atoms with Crippen molar-refractivity contribution >= 4 is 121 Å². The second kappa shape index (κ2) is 21.2. The number of carbonyl (C=O) groups excluding carboxylic acids is 2. The molecule has 2 rings (SSSR count). The minimum atomic E-state index is -3.86. The molecule has 2 aromatic rings. The Hall–Kier alpha value is -0.380. The second-order valence-electron chi connectivity index (χ2n) is 10.9. The van der Waals surface area contributed by atoms with Gasteiger partial charge in [-0.3, -0.25) is 0 Å². The van der Waals surface area contributed by atoms with Crippen LogP contribution in [-0.2, 0) is 29.6 Å². The maximum Gasteiger partial charge on any atom is 0.423 e. The summed E-state index contributed by atoms with van der Waals surface area (Å²) in [6, 6.07) is 5.10. The van der Waals surface area contributed by atoms with Gasteiger partial charge < -0.3 is 19.3 Å². The fourth-order valence-electron chi connectivity index (χ4n) is 3.96. The minimum absolute atomic E-state index is 0. The van der Waals surface area contributed by atoms with Gasteiger partial charge in [-0.25, -0.2) is 35.0 Å². The third kappa shape index (κ3) is 13.6. The molecule has 0 spiro atoms. The lowest BCUT2D eigenvalue weighted by Gasteiger charge is -2.19. The molecule has 0 aromatic heterocycles. The van der Waals surface area contributed by atoms with Crippen LogP contribution in [0.2, 0.25) is 0 Å². The van der Waals surface area contributed by atoms with E-state index in [0.717, 1.165) is 25.9 Å². The van der Waals surface area contributed by atoms with Crippen molar-refractivity contribution in [3.63, 3.8) is 0 Å². The van der Waals surface area contributed by atoms with E-state index in [1.807, 2.05) is 38.0 Å². The Morgan fingerprint density at radius 3 is 1.04 bits per heavy atom. The Morgan fingerprint density at radius 2 is 0.792 bits per heavy atom. The molecule has 0 aliphatic heterocycles. The number of halogens is 6. The molecule has 0 N–H and O–H groups in total. The summed E-state index contributed by atoms with van der Waals surface area (Å²) in [7, 11) is 3.05. The van der Waals surface area contributed by atoms with Crippen molar-refractivity contribution in [2.24, 2.45) is 0 Å². The van der Waals surface area contributed by atoms with Crippen LogP contribution in [0.25, 0.3) is 0 Å². The highest BCUT2D eigenvalue weighted by Gasteiger charge is 2.29. The topological polar surface area (TPSA) is 134 Å². The van der Waals surface area contributed by atoms with E-state index in [1.54, 1.807) is 0 Å². The van der Waals surface area contributed by atoms with Gasteiger partial charge in [0, 0.05) is 27.2 Å². The van der Waals surface area contributed by atoms with Crippen LogP contribution >= 0.6 is 88.5 Å². The third-order valence-corrected chi connectivity index (χ3v) is 12.6. The van der Waals surface area contributed by atoms with E-state index in [2.05, 4.69) is 63.7 Å². The second-order valence-corrected chi connectivity index (χ2v) is 18.4. The SMILES string of the molecule is CN(C)CCCCN(C)S(=O)(=O)c1cc(Br)c(OC(=O)C(=O)Oc2c(Br)cc(S(=O)(=O)N(C)CCCCN(C)C)cc2Br)c(Br)c1.Cl.Cl. The molecule has 0 aliphatic rings.